The molecule has 120 valence electrons. The Morgan fingerprint density at radius 2 is 1.82 bits per heavy atom. The lowest BCUT2D eigenvalue weighted by Crippen LogP contribution is -2.47. The molecule has 1 aromatic rings. The molecule has 0 aromatic carbocycles. The van der Waals surface area contributed by atoms with Crippen LogP contribution in [0, 0.1) is 0 Å². The highest BCUT2D eigenvalue weighted by Gasteiger charge is 2.22. The lowest BCUT2D eigenvalue weighted by Gasteiger charge is -2.32. The van der Waals surface area contributed by atoms with Crippen LogP contribution in [0.4, 0.5) is 0 Å². The van der Waals surface area contributed by atoms with E-state index in [1.165, 1.54) is 0 Å². The topological polar surface area (TPSA) is 56.8 Å². The van der Waals surface area contributed by atoms with E-state index in [4.69, 9.17) is 0 Å². The fourth-order valence-electron chi connectivity index (χ4n) is 2.55. The van der Waals surface area contributed by atoms with Crippen LogP contribution in [0.25, 0.3) is 0 Å². The molecule has 0 atom stereocenters. The van der Waals surface area contributed by atoms with Gasteiger partial charge in [0.25, 0.3) is 11.8 Å². The minimum atomic E-state index is -0.127. The van der Waals surface area contributed by atoms with Crippen molar-refractivity contribution < 1.29 is 9.59 Å². The number of rotatable bonds is 4. The number of carbonyl (C=O) groups is 2. The molecular formula is C16H24N4O2. The van der Waals surface area contributed by atoms with Gasteiger partial charge >= 0.3 is 0 Å². The molecule has 2 amide bonds. The monoisotopic (exact) mass is 304 g/mol. The highest BCUT2D eigenvalue weighted by Crippen LogP contribution is 2.10. The second-order valence-electron chi connectivity index (χ2n) is 5.50. The van der Waals surface area contributed by atoms with E-state index in [9.17, 15) is 9.59 Å². The van der Waals surface area contributed by atoms with Crippen LogP contribution in [0.5, 0.6) is 0 Å². The van der Waals surface area contributed by atoms with Crippen molar-refractivity contribution in [1.82, 2.24) is 19.7 Å². The highest BCUT2D eigenvalue weighted by molar-refractivity contribution is 5.98. The van der Waals surface area contributed by atoms with E-state index >= 15 is 0 Å². The molecule has 0 N–H and O–H groups in total. The first-order chi connectivity index (χ1) is 10.6. The van der Waals surface area contributed by atoms with Gasteiger partial charge in [-0.2, -0.15) is 0 Å². The van der Waals surface area contributed by atoms with Crippen LogP contribution in [-0.4, -0.2) is 77.8 Å². The molecular weight excluding hydrogens is 280 g/mol. The molecule has 0 spiro atoms. The van der Waals surface area contributed by atoms with Crippen LogP contribution in [0.3, 0.4) is 0 Å². The Morgan fingerprint density at radius 1 is 1.18 bits per heavy atom. The van der Waals surface area contributed by atoms with Crippen molar-refractivity contribution in [3.63, 3.8) is 0 Å². The van der Waals surface area contributed by atoms with Crippen LogP contribution >= 0.6 is 0 Å². The second kappa shape index (κ2) is 7.35. The standard InChI is InChI=1S/C16H24N4O2/c1-4-19(5-2)16(22)14-12-13(6-7-17-14)15(21)20-10-8-18(3)9-11-20/h6-7,12H,4-5,8-11H2,1-3H3. The predicted molar refractivity (Wildman–Crippen MR) is 84.9 cm³/mol. The van der Waals surface area contributed by atoms with E-state index < -0.39 is 0 Å². The van der Waals surface area contributed by atoms with Gasteiger partial charge in [-0.3, -0.25) is 14.6 Å². The molecule has 0 aliphatic carbocycles. The number of aromatic nitrogens is 1. The van der Waals surface area contributed by atoms with Gasteiger partial charge in [0.05, 0.1) is 0 Å². The van der Waals surface area contributed by atoms with E-state index in [1.54, 1.807) is 23.2 Å². The quantitative estimate of drug-likeness (QED) is 0.831. The molecule has 1 aliphatic heterocycles. The molecule has 6 heteroatoms. The largest absolute Gasteiger partial charge is 0.338 e. The average molecular weight is 304 g/mol. The van der Waals surface area contributed by atoms with Crippen LogP contribution in [-0.2, 0) is 0 Å². The molecule has 0 radical (unpaired) electrons. The number of amides is 2. The van der Waals surface area contributed by atoms with Crippen molar-refractivity contribution in [3.05, 3.63) is 29.6 Å². The van der Waals surface area contributed by atoms with E-state index in [-0.39, 0.29) is 11.8 Å². The van der Waals surface area contributed by atoms with E-state index in [2.05, 4.69) is 16.9 Å². The molecule has 1 aromatic heterocycles. The summed E-state index contributed by atoms with van der Waals surface area (Å²) in [5, 5.41) is 0. The average Bonchev–Trinajstić information content (AvgIpc) is 2.56. The maximum absolute atomic E-state index is 12.5. The smallest absolute Gasteiger partial charge is 0.272 e. The number of nitrogens with zero attached hydrogens (tertiary/aromatic N) is 4. The Balaban J connectivity index is 2.14. The third-order valence-electron chi connectivity index (χ3n) is 4.07. The zero-order chi connectivity index (χ0) is 16.1. The van der Waals surface area contributed by atoms with Gasteiger partial charge in [0.15, 0.2) is 0 Å². The normalized spacial score (nSPS) is 15.7. The first kappa shape index (κ1) is 16.4. The van der Waals surface area contributed by atoms with E-state index in [0.29, 0.717) is 24.3 Å². The van der Waals surface area contributed by atoms with E-state index in [0.717, 1.165) is 26.2 Å². The molecule has 1 saturated heterocycles. The molecule has 6 nitrogen and oxygen atoms in total. The van der Waals surface area contributed by atoms with Crippen LogP contribution in [0.1, 0.15) is 34.7 Å². The predicted octanol–water partition coefficient (Wildman–Crippen LogP) is 0.951. The summed E-state index contributed by atoms with van der Waals surface area (Å²) in [6.45, 7) is 8.32. The van der Waals surface area contributed by atoms with Gasteiger partial charge in [-0.05, 0) is 33.0 Å². The number of piperazine rings is 1. The molecule has 1 aliphatic rings. The third kappa shape index (κ3) is 3.62. The Hall–Kier alpha value is -1.95. The fourth-order valence-corrected chi connectivity index (χ4v) is 2.55. The summed E-state index contributed by atoms with van der Waals surface area (Å²) < 4.78 is 0. The lowest BCUT2D eigenvalue weighted by molar-refractivity contribution is 0.0664. The number of hydrogen-bond donors (Lipinski definition) is 0. The summed E-state index contributed by atoms with van der Waals surface area (Å²) in [4.78, 5) is 34.7. The summed E-state index contributed by atoms with van der Waals surface area (Å²) in [5.74, 6) is -0.151. The molecule has 2 heterocycles. The number of carbonyl (C=O) groups excluding carboxylic acids is 2. The van der Waals surface area contributed by atoms with Gasteiger partial charge in [-0.1, -0.05) is 0 Å². The van der Waals surface area contributed by atoms with Crippen LogP contribution < -0.4 is 0 Å². The van der Waals surface area contributed by atoms with Gasteiger partial charge in [0, 0.05) is 51.0 Å². The minimum Gasteiger partial charge on any atom is -0.338 e. The van der Waals surface area contributed by atoms with Crippen molar-refractivity contribution in [2.45, 2.75) is 13.8 Å². The molecule has 0 bridgehead atoms. The van der Waals surface area contributed by atoms with Gasteiger partial charge < -0.3 is 14.7 Å². The van der Waals surface area contributed by atoms with Crippen molar-refractivity contribution in [2.24, 2.45) is 0 Å². The van der Waals surface area contributed by atoms with Gasteiger partial charge in [0.1, 0.15) is 5.69 Å². The summed E-state index contributed by atoms with van der Waals surface area (Å²) in [6.07, 6.45) is 1.54. The Labute approximate surface area is 131 Å². The van der Waals surface area contributed by atoms with Crippen LogP contribution in [0.15, 0.2) is 18.3 Å². The first-order valence-corrected chi connectivity index (χ1v) is 7.80. The molecule has 22 heavy (non-hydrogen) atoms. The summed E-state index contributed by atoms with van der Waals surface area (Å²) >= 11 is 0. The van der Waals surface area contributed by atoms with Gasteiger partial charge in [0.2, 0.25) is 0 Å². The van der Waals surface area contributed by atoms with Gasteiger partial charge in [-0.15, -0.1) is 0 Å². The molecule has 0 unspecified atom stereocenters. The van der Waals surface area contributed by atoms with Crippen molar-refractivity contribution in [1.29, 1.82) is 0 Å². The second-order valence-corrected chi connectivity index (χ2v) is 5.50. The highest BCUT2D eigenvalue weighted by atomic mass is 16.2. The van der Waals surface area contributed by atoms with Gasteiger partial charge in [-0.25, -0.2) is 0 Å². The SMILES string of the molecule is CCN(CC)C(=O)c1cc(C(=O)N2CCN(C)CC2)ccn1. The summed E-state index contributed by atoms with van der Waals surface area (Å²) in [5.41, 5.74) is 0.874. The fraction of sp³-hybridized carbons (Fsp3) is 0.562. The summed E-state index contributed by atoms with van der Waals surface area (Å²) in [6, 6.07) is 3.29. The Morgan fingerprint density at radius 3 is 2.41 bits per heavy atom. The van der Waals surface area contributed by atoms with Crippen molar-refractivity contribution in [3.8, 4) is 0 Å². The van der Waals surface area contributed by atoms with Crippen LogP contribution in [0.2, 0.25) is 0 Å². The number of likely N-dealkylation sites (N-methyl/N-ethyl adjacent to an activating group) is 1. The summed E-state index contributed by atoms with van der Waals surface area (Å²) in [7, 11) is 2.05. The Bertz CT molecular complexity index is 535. The number of pyridine rings is 1. The van der Waals surface area contributed by atoms with Crippen molar-refractivity contribution in [2.75, 3.05) is 46.3 Å². The minimum absolute atomic E-state index is 0.0240. The Kier molecular flexibility index (Phi) is 5.49. The number of hydrogen-bond acceptors (Lipinski definition) is 4. The van der Waals surface area contributed by atoms with Crippen molar-refractivity contribution >= 4 is 11.8 Å². The maximum atomic E-state index is 12.5. The molecule has 0 saturated carbocycles. The zero-order valence-corrected chi connectivity index (χ0v) is 13.6. The maximum Gasteiger partial charge on any atom is 0.272 e. The lowest BCUT2D eigenvalue weighted by atomic mass is 10.1. The third-order valence-corrected chi connectivity index (χ3v) is 4.07. The first-order valence-electron chi connectivity index (χ1n) is 7.80. The zero-order valence-electron chi connectivity index (χ0n) is 13.6. The molecule has 1 fully saturated rings. The van der Waals surface area contributed by atoms with E-state index in [1.807, 2.05) is 18.7 Å². The molecule has 2 rings (SSSR count).